The maximum absolute atomic E-state index is 9.77. The van der Waals surface area contributed by atoms with Crippen molar-refractivity contribution in [1.82, 2.24) is 5.32 Å². The normalized spacial score (nSPS) is 14.7. The summed E-state index contributed by atoms with van der Waals surface area (Å²) in [6.45, 7) is 1.39. The molecular formula is C9H9Cl2N3O. The van der Waals surface area contributed by atoms with E-state index in [9.17, 15) is 5.21 Å². The van der Waals surface area contributed by atoms with Gasteiger partial charge in [0.1, 0.15) is 0 Å². The molecule has 2 N–H and O–H groups in total. The molecule has 6 heteroatoms. The van der Waals surface area contributed by atoms with Crippen LogP contribution in [-0.2, 0) is 0 Å². The van der Waals surface area contributed by atoms with E-state index >= 15 is 0 Å². The number of hydroxylamine groups is 1. The lowest BCUT2D eigenvalue weighted by Gasteiger charge is -2.16. The molecule has 4 nitrogen and oxygen atoms in total. The van der Waals surface area contributed by atoms with Crippen molar-refractivity contribution >= 4 is 34.8 Å². The lowest BCUT2D eigenvalue weighted by molar-refractivity contribution is 0.309. The van der Waals surface area contributed by atoms with Gasteiger partial charge in [-0.05, 0) is 18.2 Å². The fourth-order valence-corrected chi connectivity index (χ4v) is 1.56. The number of rotatable bonds is 1. The summed E-state index contributed by atoms with van der Waals surface area (Å²) in [5.74, 6) is 0.424. The van der Waals surface area contributed by atoms with E-state index in [0.29, 0.717) is 28.2 Å². The maximum atomic E-state index is 9.77. The highest BCUT2D eigenvalue weighted by atomic mass is 35.5. The van der Waals surface area contributed by atoms with E-state index in [0.717, 1.165) is 11.6 Å². The molecule has 0 fully saturated rings. The largest absolute Gasteiger partial charge is 0.352 e. The minimum Gasteiger partial charge on any atom is -0.352 e. The summed E-state index contributed by atoms with van der Waals surface area (Å²) in [4.78, 5) is 4.07. The summed E-state index contributed by atoms with van der Waals surface area (Å²) in [5, 5.41) is 14.5. The van der Waals surface area contributed by atoms with Crippen LogP contribution in [0.4, 0.5) is 5.69 Å². The van der Waals surface area contributed by atoms with Crippen molar-refractivity contribution < 1.29 is 5.21 Å². The van der Waals surface area contributed by atoms with Gasteiger partial charge in [0.05, 0.1) is 22.3 Å². The second kappa shape index (κ2) is 4.26. The Morgan fingerprint density at radius 3 is 2.73 bits per heavy atom. The fraction of sp³-hybridized carbons (Fsp3) is 0.222. The van der Waals surface area contributed by atoms with Gasteiger partial charge in [-0.15, -0.1) is 0 Å². The van der Waals surface area contributed by atoms with Crippen LogP contribution in [0.2, 0.25) is 10.0 Å². The minimum atomic E-state index is 0.395. The second-order valence-corrected chi connectivity index (χ2v) is 3.86. The van der Waals surface area contributed by atoms with Crippen LogP contribution in [-0.4, -0.2) is 24.3 Å². The Balaban J connectivity index is 2.25. The quantitative estimate of drug-likeness (QED) is 0.746. The predicted octanol–water partition coefficient (Wildman–Crippen LogP) is 2.15. The molecule has 1 heterocycles. The third-order valence-corrected chi connectivity index (χ3v) is 2.74. The molecule has 0 aromatic heterocycles. The molecule has 1 aromatic rings. The molecule has 0 aliphatic carbocycles. The number of anilines is 1. The van der Waals surface area contributed by atoms with Gasteiger partial charge in [-0.25, -0.2) is 4.99 Å². The number of nitrogens with zero attached hydrogens (tertiary/aromatic N) is 2. The van der Waals surface area contributed by atoms with Crippen LogP contribution in [0.1, 0.15) is 0 Å². The number of aliphatic imine (C=N–C) groups is 1. The SMILES string of the molecule is ON(C1=NCCN1)c1ccc(Cl)c(Cl)c1. The summed E-state index contributed by atoms with van der Waals surface area (Å²) >= 11 is 11.6. The van der Waals surface area contributed by atoms with Crippen LogP contribution in [0.25, 0.3) is 0 Å². The molecule has 0 atom stereocenters. The number of hydrogen-bond donors (Lipinski definition) is 2. The molecule has 80 valence electrons. The van der Waals surface area contributed by atoms with E-state index in [1.54, 1.807) is 18.2 Å². The van der Waals surface area contributed by atoms with Gasteiger partial charge < -0.3 is 5.32 Å². The first kappa shape index (κ1) is 10.5. The number of guanidine groups is 1. The van der Waals surface area contributed by atoms with Crippen molar-refractivity contribution in [3.05, 3.63) is 28.2 Å². The van der Waals surface area contributed by atoms with Crippen LogP contribution < -0.4 is 10.4 Å². The smallest absolute Gasteiger partial charge is 0.223 e. The van der Waals surface area contributed by atoms with Crippen LogP contribution in [0.15, 0.2) is 23.2 Å². The summed E-state index contributed by atoms with van der Waals surface area (Å²) in [6, 6.07) is 4.86. The molecule has 0 radical (unpaired) electrons. The third kappa shape index (κ3) is 2.17. The van der Waals surface area contributed by atoms with Gasteiger partial charge in [-0.1, -0.05) is 23.2 Å². The molecule has 15 heavy (non-hydrogen) atoms. The van der Waals surface area contributed by atoms with Crippen LogP contribution >= 0.6 is 23.2 Å². The second-order valence-electron chi connectivity index (χ2n) is 3.04. The Hall–Kier alpha value is -0.970. The molecule has 0 saturated carbocycles. The van der Waals surface area contributed by atoms with Crippen molar-refractivity contribution in [2.75, 3.05) is 18.2 Å². The molecular weight excluding hydrogens is 237 g/mol. The van der Waals surface area contributed by atoms with Crippen molar-refractivity contribution in [3.8, 4) is 0 Å². The van der Waals surface area contributed by atoms with Crippen LogP contribution in [0.5, 0.6) is 0 Å². The van der Waals surface area contributed by atoms with Crippen LogP contribution in [0.3, 0.4) is 0 Å². The Morgan fingerprint density at radius 1 is 1.33 bits per heavy atom. The van der Waals surface area contributed by atoms with E-state index < -0.39 is 0 Å². The first-order chi connectivity index (χ1) is 7.18. The number of halogens is 2. The van der Waals surface area contributed by atoms with E-state index in [-0.39, 0.29) is 0 Å². The van der Waals surface area contributed by atoms with Crippen molar-refractivity contribution in [1.29, 1.82) is 0 Å². The average molecular weight is 246 g/mol. The third-order valence-electron chi connectivity index (χ3n) is 2.00. The van der Waals surface area contributed by atoms with E-state index in [2.05, 4.69) is 10.3 Å². The Labute approximate surface area is 97.1 Å². The highest BCUT2D eigenvalue weighted by Gasteiger charge is 2.14. The van der Waals surface area contributed by atoms with E-state index in [1.165, 1.54) is 0 Å². The van der Waals surface area contributed by atoms with Crippen molar-refractivity contribution in [3.63, 3.8) is 0 Å². The van der Waals surface area contributed by atoms with E-state index in [1.807, 2.05) is 0 Å². The highest BCUT2D eigenvalue weighted by molar-refractivity contribution is 6.42. The highest BCUT2D eigenvalue weighted by Crippen LogP contribution is 2.26. The maximum Gasteiger partial charge on any atom is 0.223 e. The zero-order chi connectivity index (χ0) is 10.8. The first-order valence-electron chi connectivity index (χ1n) is 4.41. The summed E-state index contributed by atoms with van der Waals surface area (Å²) in [6.07, 6.45) is 0. The molecule has 0 saturated heterocycles. The Bertz CT molecular complexity index is 408. The number of hydrogen-bond acceptors (Lipinski definition) is 4. The monoisotopic (exact) mass is 245 g/mol. The van der Waals surface area contributed by atoms with Crippen LogP contribution in [0, 0.1) is 0 Å². The Kier molecular flexibility index (Phi) is 3.00. The molecule has 1 aliphatic rings. The van der Waals surface area contributed by atoms with Gasteiger partial charge in [0, 0.05) is 6.54 Å². The average Bonchev–Trinajstić information content (AvgIpc) is 2.74. The lowest BCUT2D eigenvalue weighted by Crippen LogP contribution is -2.36. The number of nitrogens with one attached hydrogen (secondary N) is 1. The summed E-state index contributed by atoms with van der Waals surface area (Å²) < 4.78 is 0. The fourth-order valence-electron chi connectivity index (χ4n) is 1.27. The molecule has 0 spiro atoms. The standard InChI is InChI=1S/C9H9Cl2N3O/c10-7-2-1-6(5-8(7)11)14(15)9-12-3-4-13-9/h1-2,5,15H,3-4H2,(H,12,13). The lowest BCUT2D eigenvalue weighted by atomic mass is 10.3. The first-order valence-corrected chi connectivity index (χ1v) is 5.16. The van der Waals surface area contributed by atoms with Crippen molar-refractivity contribution in [2.45, 2.75) is 0 Å². The topological polar surface area (TPSA) is 47.9 Å². The van der Waals surface area contributed by atoms with Gasteiger partial charge in [-0.2, -0.15) is 5.06 Å². The van der Waals surface area contributed by atoms with Gasteiger partial charge in [0.25, 0.3) is 0 Å². The molecule has 0 unspecified atom stereocenters. The molecule has 2 rings (SSSR count). The van der Waals surface area contributed by atoms with Gasteiger partial charge in [-0.3, -0.25) is 5.21 Å². The van der Waals surface area contributed by atoms with Crippen molar-refractivity contribution in [2.24, 2.45) is 4.99 Å². The zero-order valence-corrected chi connectivity index (χ0v) is 9.26. The number of benzene rings is 1. The molecule has 1 aromatic carbocycles. The van der Waals surface area contributed by atoms with Gasteiger partial charge in [0.2, 0.25) is 5.96 Å². The van der Waals surface area contributed by atoms with Gasteiger partial charge >= 0.3 is 0 Å². The molecule has 1 aliphatic heterocycles. The summed E-state index contributed by atoms with van der Waals surface area (Å²) in [7, 11) is 0. The zero-order valence-electron chi connectivity index (χ0n) is 7.74. The molecule has 0 bridgehead atoms. The summed E-state index contributed by atoms with van der Waals surface area (Å²) in [5.41, 5.74) is 0.526. The minimum absolute atomic E-state index is 0.395. The molecule has 0 amide bonds. The Morgan fingerprint density at radius 2 is 2.13 bits per heavy atom. The van der Waals surface area contributed by atoms with E-state index in [4.69, 9.17) is 23.2 Å². The predicted molar refractivity (Wildman–Crippen MR) is 61.0 cm³/mol. The van der Waals surface area contributed by atoms with Gasteiger partial charge in [0.15, 0.2) is 0 Å².